The molecule has 0 heterocycles. The second kappa shape index (κ2) is 4.33. The smallest absolute Gasteiger partial charge is 0.311 e. The van der Waals surface area contributed by atoms with Crippen LogP contribution in [0.4, 0.5) is 0 Å². The summed E-state index contributed by atoms with van der Waals surface area (Å²) in [5, 5.41) is 0. The van der Waals surface area contributed by atoms with E-state index in [1.54, 1.807) is 0 Å². The highest BCUT2D eigenvalue weighted by atomic mass is 16.5. The SMILES string of the molecule is CC(C)OC(=O)C(C)(C)CC(C)(C)C. The molecule has 0 amide bonds. The molecular weight excluding hydrogens is 176 g/mol. The molecule has 0 N–H and O–H groups in total. The van der Waals surface area contributed by atoms with E-state index in [4.69, 9.17) is 4.74 Å². The Morgan fingerprint density at radius 2 is 1.57 bits per heavy atom. The van der Waals surface area contributed by atoms with Crippen molar-refractivity contribution in [3.63, 3.8) is 0 Å². The Bertz CT molecular complexity index is 197. The monoisotopic (exact) mass is 200 g/mol. The van der Waals surface area contributed by atoms with Gasteiger partial charge in [-0.2, -0.15) is 0 Å². The van der Waals surface area contributed by atoms with Crippen LogP contribution in [0.25, 0.3) is 0 Å². The standard InChI is InChI=1S/C12H24O2/c1-9(2)14-10(13)12(6,7)8-11(3,4)5/h9H,8H2,1-7H3. The van der Waals surface area contributed by atoms with Gasteiger partial charge in [0.05, 0.1) is 11.5 Å². The van der Waals surface area contributed by atoms with Gasteiger partial charge in [-0.1, -0.05) is 20.8 Å². The summed E-state index contributed by atoms with van der Waals surface area (Å²) in [5.74, 6) is -0.0950. The molecule has 0 aliphatic heterocycles. The fraction of sp³-hybridized carbons (Fsp3) is 0.917. The van der Waals surface area contributed by atoms with Crippen LogP contribution in [-0.2, 0) is 9.53 Å². The first-order valence-corrected chi connectivity index (χ1v) is 5.26. The molecule has 0 aromatic heterocycles. The van der Waals surface area contributed by atoms with Crippen molar-refractivity contribution in [3.05, 3.63) is 0 Å². The van der Waals surface area contributed by atoms with Crippen LogP contribution < -0.4 is 0 Å². The average Bonchev–Trinajstić information content (AvgIpc) is 1.78. The van der Waals surface area contributed by atoms with E-state index >= 15 is 0 Å². The Kier molecular flexibility index (Phi) is 4.16. The molecule has 0 atom stereocenters. The van der Waals surface area contributed by atoms with Gasteiger partial charge in [0, 0.05) is 0 Å². The van der Waals surface area contributed by atoms with E-state index in [1.165, 1.54) is 0 Å². The lowest BCUT2D eigenvalue weighted by atomic mass is 9.76. The Balaban J connectivity index is 4.38. The number of hydrogen-bond donors (Lipinski definition) is 0. The van der Waals surface area contributed by atoms with E-state index in [9.17, 15) is 4.79 Å². The first kappa shape index (κ1) is 13.5. The van der Waals surface area contributed by atoms with Gasteiger partial charge >= 0.3 is 5.97 Å². The van der Waals surface area contributed by atoms with Crippen molar-refractivity contribution >= 4 is 5.97 Å². The Labute approximate surface area is 88.0 Å². The molecule has 0 fully saturated rings. The minimum Gasteiger partial charge on any atom is -0.463 e. The van der Waals surface area contributed by atoms with Crippen molar-refractivity contribution in [2.75, 3.05) is 0 Å². The van der Waals surface area contributed by atoms with Crippen molar-refractivity contribution in [1.82, 2.24) is 0 Å². The zero-order valence-corrected chi connectivity index (χ0v) is 10.6. The average molecular weight is 200 g/mol. The van der Waals surface area contributed by atoms with Crippen LogP contribution in [0.2, 0.25) is 0 Å². The van der Waals surface area contributed by atoms with Crippen molar-refractivity contribution in [1.29, 1.82) is 0 Å². The Hall–Kier alpha value is -0.530. The molecule has 0 spiro atoms. The molecule has 0 aliphatic carbocycles. The molecule has 0 aromatic rings. The second-order valence-electron chi connectivity index (χ2n) is 6.08. The Morgan fingerprint density at radius 3 is 1.86 bits per heavy atom. The summed E-state index contributed by atoms with van der Waals surface area (Å²) in [6, 6.07) is 0. The molecule has 0 unspecified atom stereocenters. The lowest BCUT2D eigenvalue weighted by molar-refractivity contribution is -0.159. The summed E-state index contributed by atoms with van der Waals surface area (Å²) in [5.41, 5.74) is -0.234. The Morgan fingerprint density at radius 1 is 1.14 bits per heavy atom. The van der Waals surface area contributed by atoms with E-state index in [2.05, 4.69) is 20.8 Å². The summed E-state index contributed by atoms with van der Waals surface area (Å²) in [6.07, 6.45) is 0.813. The maximum absolute atomic E-state index is 11.7. The van der Waals surface area contributed by atoms with Crippen LogP contribution in [0.1, 0.15) is 54.9 Å². The normalized spacial score (nSPS) is 13.1. The first-order chi connectivity index (χ1) is 6.04. The summed E-state index contributed by atoms with van der Waals surface area (Å²) in [6.45, 7) is 14.1. The molecule has 0 aromatic carbocycles. The van der Waals surface area contributed by atoms with Crippen LogP contribution in [0.3, 0.4) is 0 Å². The fourth-order valence-corrected chi connectivity index (χ4v) is 1.77. The summed E-state index contributed by atoms with van der Waals surface area (Å²) < 4.78 is 5.22. The van der Waals surface area contributed by atoms with E-state index in [1.807, 2.05) is 27.7 Å². The largest absolute Gasteiger partial charge is 0.463 e. The molecule has 0 rings (SSSR count). The number of carbonyl (C=O) groups is 1. The lowest BCUT2D eigenvalue weighted by Crippen LogP contribution is -2.32. The number of carbonyl (C=O) groups excluding carboxylic acids is 1. The van der Waals surface area contributed by atoms with Crippen molar-refractivity contribution in [3.8, 4) is 0 Å². The van der Waals surface area contributed by atoms with Gasteiger partial charge in [-0.3, -0.25) is 4.79 Å². The van der Waals surface area contributed by atoms with Crippen molar-refractivity contribution < 1.29 is 9.53 Å². The van der Waals surface area contributed by atoms with Crippen LogP contribution in [-0.4, -0.2) is 12.1 Å². The highest BCUT2D eigenvalue weighted by Gasteiger charge is 2.34. The third-order valence-corrected chi connectivity index (χ3v) is 1.87. The molecule has 2 nitrogen and oxygen atoms in total. The summed E-state index contributed by atoms with van der Waals surface area (Å²) in [7, 11) is 0. The van der Waals surface area contributed by atoms with Gasteiger partial charge in [0.25, 0.3) is 0 Å². The second-order valence-corrected chi connectivity index (χ2v) is 6.08. The molecular formula is C12H24O2. The molecule has 0 bridgehead atoms. The minimum atomic E-state index is -0.386. The number of ether oxygens (including phenoxy) is 1. The molecule has 84 valence electrons. The van der Waals surface area contributed by atoms with Gasteiger partial charge in [-0.05, 0) is 39.5 Å². The van der Waals surface area contributed by atoms with Gasteiger partial charge in [0.1, 0.15) is 0 Å². The van der Waals surface area contributed by atoms with Gasteiger partial charge < -0.3 is 4.74 Å². The highest BCUT2D eigenvalue weighted by molar-refractivity contribution is 5.76. The highest BCUT2D eigenvalue weighted by Crippen LogP contribution is 2.34. The maximum Gasteiger partial charge on any atom is 0.311 e. The van der Waals surface area contributed by atoms with Crippen LogP contribution in [0.5, 0.6) is 0 Å². The van der Waals surface area contributed by atoms with Crippen LogP contribution in [0.15, 0.2) is 0 Å². The van der Waals surface area contributed by atoms with Gasteiger partial charge in [0.2, 0.25) is 0 Å². The van der Waals surface area contributed by atoms with Gasteiger partial charge in [0.15, 0.2) is 0 Å². The zero-order valence-electron chi connectivity index (χ0n) is 10.6. The predicted octanol–water partition coefficient (Wildman–Crippen LogP) is 3.40. The molecule has 2 heteroatoms. The topological polar surface area (TPSA) is 26.3 Å². The molecule has 0 saturated heterocycles. The van der Waals surface area contributed by atoms with Gasteiger partial charge in [-0.25, -0.2) is 0 Å². The van der Waals surface area contributed by atoms with E-state index in [-0.39, 0.29) is 22.9 Å². The minimum absolute atomic E-state index is 0.0262. The van der Waals surface area contributed by atoms with Crippen LogP contribution in [0, 0.1) is 10.8 Å². The number of rotatable bonds is 3. The third kappa shape index (κ3) is 5.25. The molecule has 14 heavy (non-hydrogen) atoms. The van der Waals surface area contributed by atoms with Crippen molar-refractivity contribution in [2.24, 2.45) is 10.8 Å². The van der Waals surface area contributed by atoms with Crippen molar-refractivity contribution in [2.45, 2.75) is 61.0 Å². The maximum atomic E-state index is 11.7. The lowest BCUT2D eigenvalue weighted by Gasteiger charge is -2.31. The predicted molar refractivity (Wildman–Crippen MR) is 59.1 cm³/mol. The zero-order chi connectivity index (χ0) is 11.6. The quantitative estimate of drug-likeness (QED) is 0.653. The summed E-state index contributed by atoms with van der Waals surface area (Å²) >= 11 is 0. The number of hydrogen-bond acceptors (Lipinski definition) is 2. The molecule has 0 radical (unpaired) electrons. The molecule has 0 aliphatic rings. The van der Waals surface area contributed by atoms with Crippen LogP contribution >= 0.6 is 0 Å². The first-order valence-electron chi connectivity index (χ1n) is 5.26. The summed E-state index contributed by atoms with van der Waals surface area (Å²) in [4.78, 5) is 11.7. The van der Waals surface area contributed by atoms with E-state index in [0.717, 1.165) is 6.42 Å². The fourth-order valence-electron chi connectivity index (χ4n) is 1.77. The third-order valence-electron chi connectivity index (χ3n) is 1.87. The molecule has 0 saturated carbocycles. The van der Waals surface area contributed by atoms with E-state index in [0.29, 0.717) is 0 Å². The number of esters is 1. The van der Waals surface area contributed by atoms with Gasteiger partial charge in [-0.15, -0.1) is 0 Å². The van der Waals surface area contributed by atoms with E-state index < -0.39 is 0 Å².